The molecule has 1 fully saturated rings. The highest BCUT2D eigenvalue weighted by Gasteiger charge is 2.46. The first kappa shape index (κ1) is 39.6. The van der Waals surface area contributed by atoms with Crippen LogP contribution in [-0.4, -0.2) is 63.0 Å². The first-order valence-electron chi connectivity index (χ1n) is 17.3. The van der Waals surface area contributed by atoms with Crippen LogP contribution in [0, 0.1) is 11.8 Å². The lowest BCUT2D eigenvalue weighted by Crippen LogP contribution is -2.28. The number of rotatable bonds is 18. The first-order valence-corrected chi connectivity index (χ1v) is 17.3. The molecular weight excluding hydrogens is 674 g/mol. The van der Waals surface area contributed by atoms with E-state index < -0.39 is 48.5 Å². The van der Waals surface area contributed by atoms with Gasteiger partial charge in [0.05, 0.1) is 31.5 Å². The predicted molar refractivity (Wildman–Crippen MR) is 191 cm³/mol. The maximum Gasteiger partial charge on any atom is 0.338 e. The Kier molecular flexibility index (Phi) is 14.8. The van der Waals surface area contributed by atoms with E-state index in [-0.39, 0.29) is 36.0 Å². The van der Waals surface area contributed by atoms with E-state index in [1.165, 1.54) is 20.3 Å². The molecule has 4 rings (SSSR count). The van der Waals surface area contributed by atoms with Crippen LogP contribution in [0.1, 0.15) is 66.7 Å². The maximum absolute atomic E-state index is 15.3. The molecule has 0 N–H and O–H groups in total. The highest BCUT2D eigenvalue weighted by Crippen LogP contribution is 2.41. The number of unbranched alkanes of at least 4 members (excludes halogenated alkanes) is 1. The normalized spacial score (nSPS) is 18.8. The third kappa shape index (κ3) is 12.2. The summed E-state index contributed by atoms with van der Waals surface area (Å²) >= 11 is 0. The van der Waals surface area contributed by atoms with E-state index in [1.54, 1.807) is 92.7 Å². The molecule has 1 saturated carbocycles. The Morgan fingerprint density at radius 1 is 0.788 bits per heavy atom. The minimum absolute atomic E-state index is 0.0738. The molecule has 0 aromatic heterocycles. The molecule has 0 amide bonds. The topological polar surface area (TPSA) is 107 Å². The number of carbonyl (C=O) groups excluding carboxylic acids is 3. The lowest BCUT2D eigenvalue weighted by atomic mass is 9.89. The Hall–Kier alpha value is -5.19. The zero-order valence-corrected chi connectivity index (χ0v) is 29.9. The Morgan fingerprint density at radius 2 is 1.37 bits per heavy atom. The monoisotopic (exact) mass is 720 g/mol. The summed E-state index contributed by atoms with van der Waals surface area (Å²) in [7, 11) is 3.02. The van der Waals surface area contributed by atoms with E-state index in [0.717, 1.165) is 6.08 Å². The lowest BCUT2D eigenvalue weighted by Gasteiger charge is -2.24. The van der Waals surface area contributed by atoms with E-state index in [9.17, 15) is 14.4 Å². The quantitative estimate of drug-likeness (QED) is 0.0554. The van der Waals surface area contributed by atoms with Crippen LogP contribution in [0.3, 0.4) is 0 Å². The number of esters is 3. The summed E-state index contributed by atoms with van der Waals surface area (Å²) in [5, 5.41) is 0. The number of methoxy groups -OCH3 is 2. The van der Waals surface area contributed by atoms with Gasteiger partial charge in [-0.2, -0.15) is 8.78 Å². The van der Waals surface area contributed by atoms with Crippen molar-refractivity contribution in [3.8, 4) is 17.2 Å². The number of carbonyl (C=O) groups is 3. The van der Waals surface area contributed by atoms with Gasteiger partial charge in [0.25, 0.3) is 5.92 Å². The fourth-order valence-corrected chi connectivity index (χ4v) is 5.84. The van der Waals surface area contributed by atoms with Crippen LogP contribution in [0.2, 0.25) is 0 Å². The van der Waals surface area contributed by atoms with Crippen LogP contribution >= 0.6 is 0 Å². The van der Waals surface area contributed by atoms with Crippen molar-refractivity contribution in [1.82, 2.24) is 0 Å². The van der Waals surface area contributed by atoms with Gasteiger partial charge in [-0.1, -0.05) is 36.4 Å². The van der Waals surface area contributed by atoms with Crippen LogP contribution in [0.4, 0.5) is 8.78 Å². The Labute approximate surface area is 303 Å². The summed E-state index contributed by atoms with van der Waals surface area (Å²) in [4.78, 5) is 38.7. The van der Waals surface area contributed by atoms with Crippen LogP contribution in [-0.2, 0) is 19.0 Å². The van der Waals surface area contributed by atoms with Gasteiger partial charge in [0.15, 0.2) is 6.61 Å². The molecule has 0 heterocycles. The smallest absolute Gasteiger partial charge is 0.338 e. The highest BCUT2D eigenvalue weighted by molar-refractivity contribution is 5.90. The molecular formula is C41H46F2O9. The third-order valence-corrected chi connectivity index (χ3v) is 8.46. The number of hydrogen-bond donors (Lipinski definition) is 0. The molecule has 1 aliphatic rings. The Morgan fingerprint density at radius 3 is 1.92 bits per heavy atom. The average Bonchev–Trinajstić information content (AvgIpc) is 3.45. The predicted octanol–water partition coefficient (Wildman–Crippen LogP) is 8.43. The molecule has 0 radical (unpaired) electrons. The maximum atomic E-state index is 15.3. The second kappa shape index (κ2) is 19.4. The van der Waals surface area contributed by atoms with Gasteiger partial charge < -0.3 is 28.4 Å². The number of benzene rings is 3. The molecule has 0 bridgehead atoms. The fraction of sp³-hybridized carbons (Fsp3) is 0.390. The van der Waals surface area contributed by atoms with Crippen molar-refractivity contribution in [2.75, 3.05) is 20.8 Å². The number of halogens is 2. The van der Waals surface area contributed by atoms with E-state index in [1.807, 2.05) is 12.2 Å². The second-order valence-electron chi connectivity index (χ2n) is 12.7. The summed E-state index contributed by atoms with van der Waals surface area (Å²) in [6.45, 7) is 2.67. The van der Waals surface area contributed by atoms with Crippen molar-refractivity contribution < 1.29 is 51.6 Å². The van der Waals surface area contributed by atoms with Crippen LogP contribution < -0.4 is 14.2 Å². The number of allylic oxidation sites excluding steroid dienone is 2. The first-order chi connectivity index (χ1) is 25.0. The fourth-order valence-electron chi connectivity index (χ4n) is 5.84. The van der Waals surface area contributed by atoms with Crippen molar-refractivity contribution >= 4 is 17.9 Å². The highest BCUT2D eigenvalue weighted by atomic mass is 19.3. The van der Waals surface area contributed by atoms with E-state index in [2.05, 4.69) is 0 Å². The van der Waals surface area contributed by atoms with Gasteiger partial charge in [-0.3, -0.25) is 4.79 Å². The van der Waals surface area contributed by atoms with Crippen LogP contribution in [0.15, 0.2) is 103 Å². The van der Waals surface area contributed by atoms with Crippen molar-refractivity contribution in [2.45, 2.75) is 70.2 Å². The van der Waals surface area contributed by atoms with E-state index >= 15 is 8.78 Å². The second-order valence-corrected chi connectivity index (χ2v) is 12.7. The molecule has 3 aromatic carbocycles. The summed E-state index contributed by atoms with van der Waals surface area (Å²) in [5.74, 6) is -4.82. The van der Waals surface area contributed by atoms with Crippen LogP contribution in [0.25, 0.3) is 0 Å². The van der Waals surface area contributed by atoms with Gasteiger partial charge in [0, 0.05) is 24.7 Å². The Balaban J connectivity index is 1.59. The molecule has 1 aliphatic carbocycles. The summed E-state index contributed by atoms with van der Waals surface area (Å²) in [6, 6.07) is 21.0. The molecule has 278 valence electrons. The molecule has 0 saturated heterocycles. The number of para-hydroxylation sites is 1. The zero-order chi connectivity index (χ0) is 37.5. The summed E-state index contributed by atoms with van der Waals surface area (Å²) in [5.41, 5.74) is 0.523. The summed E-state index contributed by atoms with van der Waals surface area (Å²) in [6.07, 6.45) is 5.74. The van der Waals surface area contributed by atoms with E-state index in [0.29, 0.717) is 36.5 Å². The molecule has 4 atom stereocenters. The van der Waals surface area contributed by atoms with E-state index in [4.69, 9.17) is 28.4 Å². The van der Waals surface area contributed by atoms with Gasteiger partial charge in [-0.15, -0.1) is 0 Å². The number of ether oxygens (including phenoxy) is 6. The molecule has 11 heteroatoms. The standard InChI is InChI=1S/C41H46F2O9/c1-28(2)50-38(44)15-11-6-5-10-14-34-35(24-25-41(42,43)27-49-33-12-8-7-9-13-33)37(52-40(46)30-18-22-32(48-4)23-19-30)26-36(34)51-39(45)29-16-20-31(47-3)21-17-29/h5,7-10,12-13,16-25,28,34-37H,6,11,14-15,26-27H2,1-4H3/b10-5-,25-24+/t34-,35-,36+,37-/m1/s1. The van der Waals surface area contributed by atoms with Crippen molar-refractivity contribution in [3.05, 3.63) is 114 Å². The van der Waals surface area contributed by atoms with Crippen molar-refractivity contribution in [2.24, 2.45) is 11.8 Å². The van der Waals surface area contributed by atoms with Crippen LogP contribution in [0.5, 0.6) is 17.2 Å². The van der Waals surface area contributed by atoms with Gasteiger partial charge in [0.1, 0.15) is 29.5 Å². The number of hydrogen-bond acceptors (Lipinski definition) is 9. The minimum atomic E-state index is -3.37. The largest absolute Gasteiger partial charge is 0.497 e. The third-order valence-electron chi connectivity index (χ3n) is 8.46. The van der Waals surface area contributed by atoms with Gasteiger partial charge in [-0.05, 0) is 99.8 Å². The Bertz CT molecular complexity index is 1640. The van der Waals surface area contributed by atoms with Gasteiger partial charge >= 0.3 is 17.9 Å². The molecule has 3 aromatic rings. The van der Waals surface area contributed by atoms with Crippen molar-refractivity contribution in [1.29, 1.82) is 0 Å². The summed E-state index contributed by atoms with van der Waals surface area (Å²) < 4.78 is 63.4. The SMILES string of the molecule is COc1ccc(C(=O)O[C@H]2C[C@@H](OC(=O)c3ccc(OC)cc3)[C@H](/C=C/C(F)(F)COc3ccccc3)[C@H]2C/C=C\CCCC(=O)OC(C)C)cc1. The van der Waals surface area contributed by atoms with Gasteiger partial charge in [0.2, 0.25) is 0 Å². The minimum Gasteiger partial charge on any atom is -0.497 e. The van der Waals surface area contributed by atoms with Crippen molar-refractivity contribution in [3.63, 3.8) is 0 Å². The molecule has 0 unspecified atom stereocenters. The molecule has 9 nitrogen and oxygen atoms in total. The number of alkyl halides is 2. The van der Waals surface area contributed by atoms with Gasteiger partial charge in [-0.25, -0.2) is 9.59 Å². The zero-order valence-electron chi connectivity index (χ0n) is 29.9. The lowest BCUT2D eigenvalue weighted by molar-refractivity contribution is -0.147. The molecule has 52 heavy (non-hydrogen) atoms. The molecule has 0 aliphatic heterocycles. The average molecular weight is 721 g/mol. The molecule has 0 spiro atoms.